The number of aryl methyl sites for hydroxylation is 1. The molecule has 0 radical (unpaired) electrons. The Labute approximate surface area is 137 Å². The maximum atomic E-state index is 11.4. The van der Waals surface area contributed by atoms with E-state index in [-0.39, 0.29) is 12.1 Å². The van der Waals surface area contributed by atoms with Crippen molar-refractivity contribution in [3.63, 3.8) is 0 Å². The van der Waals surface area contributed by atoms with Gasteiger partial charge in [-0.05, 0) is 36.2 Å². The number of carbonyl (C=O) groups is 1. The number of nitrogens with zero attached hydrogens (tertiary/aromatic N) is 1. The minimum Gasteiger partial charge on any atom is -0.478 e. The predicted molar refractivity (Wildman–Crippen MR) is 85.0 cm³/mol. The number of rotatable bonds is 6. The molecule has 0 aliphatic heterocycles. The summed E-state index contributed by atoms with van der Waals surface area (Å²) in [6.45, 7) is 1.78. The van der Waals surface area contributed by atoms with Crippen molar-refractivity contribution >= 4 is 23.3 Å². The third-order valence-electron chi connectivity index (χ3n) is 3.23. The zero-order valence-corrected chi connectivity index (χ0v) is 13.0. The van der Waals surface area contributed by atoms with Gasteiger partial charge >= 0.3 is 5.97 Å². The van der Waals surface area contributed by atoms with Crippen LogP contribution in [0.5, 0.6) is 5.75 Å². The maximum absolute atomic E-state index is 11.4. The number of halogens is 1. The van der Waals surface area contributed by atoms with Crippen LogP contribution in [-0.2, 0) is 11.2 Å². The zero-order chi connectivity index (χ0) is 17.0. The van der Waals surface area contributed by atoms with Gasteiger partial charge in [0.15, 0.2) is 6.10 Å². The van der Waals surface area contributed by atoms with Crippen LogP contribution >= 0.6 is 11.6 Å². The van der Waals surface area contributed by atoms with Crippen LogP contribution in [0.2, 0.25) is 5.02 Å². The lowest BCUT2D eigenvalue weighted by atomic mass is 10.1. The lowest BCUT2D eigenvalue weighted by molar-refractivity contribution is -0.384. The highest BCUT2D eigenvalue weighted by Gasteiger charge is 2.21. The number of carboxylic acids is 1. The highest BCUT2D eigenvalue weighted by Crippen LogP contribution is 2.23. The summed E-state index contributed by atoms with van der Waals surface area (Å²) in [6.07, 6.45) is -1.14. The molecule has 0 heterocycles. The summed E-state index contributed by atoms with van der Waals surface area (Å²) in [5.74, 6) is -0.770. The summed E-state index contributed by atoms with van der Waals surface area (Å²) in [5, 5.41) is 20.7. The molecule has 7 heteroatoms. The summed E-state index contributed by atoms with van der Waals surface area (Å²) < 4.78 is 5.49. The third kappa shape index (κ3) is 4.43. The molecule has 0 spiro atoms. The molecule has 0 saturated carbocycles. The van der Waals surface area contributed by atoms with Gasteiger partial charge in [-0.1, -0.05) is 23.7 Å². The standard InChI is InChI=1S/C16H14ClNO5/c1-10-7-13(5-6-14(10)17)23-15(16(19)20)9-11-3-2-4-12(8-11)18(21)22/h2-8,15H,9H2,1H3,(H,19,20)/t15-/m1/s1. The largest absolute Gasteiger partial charge is 0.478 e. The zero-order valence-electron chi connectivity index (χ0n) is 12.2. The molecule has 0 aliphatic rings. The Morgan fingerprint density at radius 3 is 2.70 bits per heavy atom. The number of hydrogen-bond acceptors (Lipinski definition) is 4. The fourth-order valence-corrected chi connectivity index (χ4v) is 2.16. The molecule has 0 aromatic heterocycles. The van der Waals surface area contributed by atoms with Crippen molar-refractivity contribution in [3.05, 3.63) is 68.7 Å². The number of ether oxygens (including phenoxy) is 1. The molecular weight excluding hydrogens is 322 g/mol. The Balaban J connectivity index is 2.18. The van der Waals surface area contributed by atoms with Gasteiger partial charge in [0.2, 0.25) is 0 Å². The second-order valence-electron chi connectivity index (χ2n) is 4.99. The summed E-state index contributed by atoms with van der Waals surface area (Å²) in [4.78, 5) is 21.6. The Morgan fingerprint density at radius 1 is 1.35 bits per heavy atom. The van der Waals surface area contributed by atoms with E-state index in [1.165, 1.54) is 18.2 Å². The van der Waals surface area contributed by atoms with Gasteiger partial charge in [0.05, 0.1) is 4.92 Å². The van der Waals surface area contributed by atoms with Crippen LogP contribution in [0.25, 0.3) is 0 Å². The van der Waals surface area contributed by atoms with E-state index in [1.807, 2.05) is 0 Å². The van der Waals surface area contributed by atoms with E-state index < -0.39 is 17.0 Å². The second kappa shape index (κ2) is 7.11. The number of aliphatic carboxylic acids is 1. The molecule has 1 N–H and O–H groups in total. The van der Waals surface area contributed by atoms with E-state index in [2.05, 4.69) is 0 Å². The number of non-ortho nitro benzene ring substituents is 1. The van der Waals surface area contributed by atoms with E-state index in [1.54, 1.807) is 31.2 Å². The van der Waals surface area contributed by atoms with E-state index >= 15 is 0 Å². The van der Waals surface area contributed by atoms with Gasteiger partial charge in [-0.2, -0.15) is 0 Å². The van der Waals surface area contributed by atoms with Crippen LogP contribution in [0, 0.1) is 17.0 Å². The molecule has 6 nitrogen and oxygen atoms in total. The van der Waals surface area contributed by atoms with Crippen LogP contribution in [0.15, 0.2) is 42.5 Å². The van der Waals surface area contributed by atoms with Crippen LogP contribution in [0.4, 0.5) is 5.69 Å². The number of nitro groups is 1. The first-order valence-corrected chi connectivity index (χ1v) is 7.13. The van der Waals surface area contributed by atoms with Crippen molar-refractivity contribution in [2.75, 3.05) is 0 Å². The monoisotopic (exact) mass is 335 g/mol. The van der Waals surface area contributed by atoms with E-state index in [9.17, 15) is 20.0 Å². The van der Waals surface area contributed by atoms with Crippen molar-refractivity contribution in [3.8, 4) is 5.75 Å². The van der Waals surface area contributed by atoms with Crippen molar-refractivity contribution in [1.82, 2.24) is 0 Å². The van der Waals surface area contributed by atoms with Crippen LogP contribution in [-0.4, -0.2) is 22.1 Å². The van der Waals surface area contributed by atoms with Gasteiger partial charge in [0.25, 0.3) is 5.69 Å². The topological polar surface area (TPSA) is 89.7 Å². The van der Waals surface area contributed by atoms with Gasteiger partial charge in [-0.25, -0.2) is 4.79 Å². The molecule has 0 aliphatic carbocycles. The van der Waals surface area contributed by atoms with Gasteiger partial charge < -0.3 is 9.84 Å². The summed E-state index contributed by atoms with van der Waals surface area (Å²) in [6, 6.07) is 10.7. The fourth-order valence-electron chi connectivity index (χ4n) is 2.05. The molecule has 23 heavy (non-hydrogen) atoms. The first-order valence-electron chi connectivity index (χ1n) is 6.76. The number of carboxylic acid groups (broad SMARTS) is 1. The quantitative estimate of drug-likeness (QED) is 0.643. The number of nitro benzene ring substituents is 1. The van der Waals surface area contributed by atoms with Gasteiger partial charge in [0, 0.05) is 23.6 Å². The highest BCUT2D eigenvalue weighted by molar-refractivity contribution is 6.31. The average molecular weight is 336 g/mol. The normalized spacial score (nSPS) is 11.7. The molecule has 120 valence electrons. The van der Waals surface area contributed by atoms with Crippen molar-refractivity contribution in [2.24, 2.45) is 0 Å². The number of hydrogen-bond donors (Lipinski definition) is 1. The molecule has 1 atom stereocenters. The highest BCUT2D eigenvalue weighted by atomic mass is 35.5. The van der Waals surface area contributed by atoms with Crippen LogP contribution in [0.3, 0.4) is 0 Å². The summed E-state index contributed by atoms with van der Waals surface area (Å²) in [5.41, 5.74) is 1.19. The second-order valence-corrected chi connectivity index (χ2v) is 5.39. The van der Waals surface area contributed by atoms with Crippen molar-refractivity contribution in [1.29, 1.82) is 0 Å². The van der Waals surface area contributed by atoms with Gasteiger partial charge in [0.1, 0.15) is 5.75 Å². The molecule has 0 unspecified atom stereocenters. The van der Waals surface area contributed by atoms with Gasteiger partial charge in [-0.3, -0.25) is 10.1 Å². The smallest absolute Gasteiger partial charge is 0.345 e. The van der Waals surface area contributed by atoms with Crippen molar-refractivity contribution < 1.29 is 19.6 Å². The minimum absolute atomic E-state index is 0.0126. The molecule has 0 saturated heterocycles. The molecule has 0 bridgehead atoms. The van der Waals surface area contributed by atoms with Crippen LogP contribution in [0.1, 0.15) is 11.1 Å². The SMILES string of the molecule is Cc1cc(O[C@H](Cc2cccc([N+](=O)[O-])c2)C(=O)O)ccc1Cl. The van der Waals surface area contributed by atoms with Crippen molar-refractivity contribution in [2.45, 2.75) is 19.4 Å². The first-order chi connectivity index (χ1) is 10.9. The van der Waals surface area contributed by atoms with E-state index in [0.29, 0.717) is 16.3 Å². The Morgan fingerprint density at radius 2 is 2.09 bits per heavy atom. The van der Waals surface area contributed by atoms with Crippen LogP contribution < -0.4 is 4.74 Å². The predicted octanol–water partition coefficient (Wildman–Crippen LogP) is 3.63. The third-order valence-corrected chi connectivity index (χ3v) is 3.65. The van der Waals surface area contributed by atoms with Gasteiger partial charge in [-0.15, -0.1) is 0 Å². The summed E-state index contributed by atoms with van der Waals surface area (Å²) >= 11 is 5.92. The Hall–Kier alpha value is -2.60. The minimum atomic E-state index is -1.16. The summed E-state index contributed by atoms with van der Waals surface area (Å²) in [7, 11) is 0. The molecule has 2 rings (SSSR count). The number of benzene rings is 2. The van der Waals surface area contributed by atoms with E-state index in [4.69, 9.17) is 16.3 Å². The molecule has 0 fully saturated rings. The molecule has 0 amide bonds. The fraction of sp³-hybridized carbons (Fsp3) is 0.188. The Kier molecular flexibility index (Phi) is 5.18. The molecular formula is C16H14ClNO5. The average Bonchev–Trinajstić information content (AvgIpc) is 2.50. The van der Waals surface area contributed by atoms with E-state index in [0.717, 1.165) is 5.56 Å². The molecule has 2 aromatic rings. The lowest BCUT2D eigenvalue weighted by Gasteiger charge is -2.16. The first kappa shape index (κ1) is 16.8. The maximum Gasteiger partial charge on any atom is 0.345 e. The lowest BCUT2D eigenvalue weighted by Crippen LogP contribution is -2.29. The Bertz CT molecular complexity index is 747. The molecule has 2 aromatic carbocycles.